The van der Waals surface area contributed by atoms with E-state index in [0.29, 0.717) is 13.0 Å². The number of aryl methyl sites for hydroxylation is 1. The summed E-state index contributed by atoms with van der Waals surface area (Å²) in [7, 11) is 0. The lowest BCUT2D eigenvalue weighted by Crippen LogP contribution is -2.53. The van der Waals surface area contributed by atoms with E-state index >= 15 is 0 Å². The minimum Gasteiger partial charge on any atom is -0.485 e. The molecule has 0 aromatic heterocycles. The number of nitrogens with zero attached hydrogens (tertiary/aromatic N) is 1. The van der Waals surface area contributed by atoms with Crippen LogP contribution in [-0.2, 0) is 11.2 Å². The van der Waals surface area contributed by atoms with Gasteiger partial charge in [0.1, 0.15) is 17.5 Å². The minimum atomic E-state index is -0.723. The molecule has 0 aliphatic carbocycles. The summed E-state index contributed by atoms with van der Waals surface area (Å²) < 4.78 is 6.00. The fraction of sp³-hybridized carbons (Fsp3) is 0.611. The van der Waals surface area contributed by atoms with Gasteiger partial charge in [0.25, 0.3) is 0 Å². The van der Waals surface area contributed by atoms with Crippen molar-refractivity contribution in [3.63, 3.8) is 0 Å². The van der Waals surface area contributed by atoms with Gasteiger partial charge in [0, 0.05) is 18.5 Å². The average molecular weight is 303 g/mol. The summed E-state index contributed by atoms with van der Waals surface area (Å²) in [5.74, 6) is 0.924. The number of benzene rings is 1. The summed E-state index contributed by atoms with van der Waals surface area (Å²) in [4.78, 5) is 14.1. The molecule has 1 saturated heterocycles. The van der Waals surface area contributed by atoms with Crippen LogP contribution in [0.15, 0.2) is 18.2 Å². The summed E-state index contributed by atoms with van der Waals surface area (Å²) in [6.07, 6.45) is 2.79. The summed E-state index contributed by atoms with van der Waals surface area (Å²) in [6.45, 7) is 6.63. The van der Waals surface area contributed by atoms with Gasteiger partial charge in [-0.25, -0.2) is 0 Å². The second-order valence-corrected chi connectivity index (χ2v) is 6.91. The van der Waals surface area contributed by atoms with Gasteiger partial charge in [-0.3, -0.25) is 4.79 Å². The highest BCUT2D eigenvalue weighted by Crippen LogP contribution is 2.44. The molecular formula is C18H25NO3. The van der Waals surface area contributed by atoms with Crippen LogP contribution in [0.25, 0.3) is 0 Å². The van der Waals surface area contributed by atoms with Crippen LogP contribution >= 0.6 is 0 Å². The molecule has 1 N–H and O–H groups in total. The molecule has 120 valence electrons. The van der Waals surface area contributed by atoms with Crippen molar-refractivity contribution in [3.8, 4) is 5.75 Å². The van der Waals surface area contributed by atoms with Crippen LogP contribution in [-0.4, -0.2) is 34.2 Å². The molecule has 4 nitrogen and oxygen atoms in total. The first kappa shape index (κ1) is 15.3. The molecule has 2 heterocycles. The molecule has 1 fully saturated rings. The first-order valence-electron chi connectivity index (χ1n) is 8.23. The lowest BCUT2D eigenvalue weighted by atomic mass is 9.84. The normalized spacial score (nSPS) is 26.7. The third kappa shape index (κ3) is 2.50. The molecule has 0 saturated carbocycles. The molecular weight excluding hydrogens is 278 g/mol. The molecule has 0 radical (unpaired) electrons. The number of aliphatic hydroxyl groups excluding tert-OH is 1. The Balaban J connectivity index is 2.06. The van der Waals surface area contributed by atoms with Gasteiger partial charge in [-0.05, 0) is 44.4 Å². The molecule has 22 heavy (non-hydrogen) atoms. The van der Waals surface area contributed by atoms with Gasteiger partial charge in [0.15, 0.2) is 0 Å². The molecule has 2 atom stereocenters. The number of amides is 1. The van der Waals surface area contributed by atoms with Crippen LogP contribution in [0.3, 0.4) is 0 Å². The van der Waals surface area contributed by atoms with Crippen LogP contribution in [0.4, 0.5) is 0 Å². The SMILES string of the molecule is CCCc1ccc2c(c1)[C@@H](N1CCCC1=O)[C@H](O)C(C)(C)O2. The van der Waals surface area contributed by atoms with E-state index in [1.165, 1.54) is 5.56 Å². The maximum Gasteiger partial charge on any atom is 0.223 e. The molecule has 3 rings (SSSR count). The van der Waals surface area contributed by atoms with Gasteiger partial charge < -0.3 is 14.7 Å². The van der Waals surface area contributed by atoms with E-state index in [-0.39, 0.29) is 11.9 Å². The number of carbonyl (C=O) groups excluding carboxylic acids is 1. The topological polar surface area (TPSA) is 49.8 Å². The smallest absolute Gasteiger partial charge is 0.223 e. The van der Waals surface area contributed by atoms with E-state index in [4.69, 9.17) is 4.74 Å². The maximum atomic E-state index is 12.2. The molecule has 2 aliphatic heterocycles. The first-order valence-corrected chi connectivity index (χ1v) is 8.23. The molecule has 0 unspecified atom stereocenters. The van der Waals surface area contributed by atoms with Crippen molar-refractivity contribution >= 4 is 5.91 Å². The fourth-order valence-electron chi connectivity index (χ4n) is 3.56. The molecule has 1 amide bonds. The minimum absolute atomic E-state index is 0.133. The number of hydrogen-bond acceptors (Lipinski definition) is 3. The summed E-state index contributed by atoms with van der Waals surface area (Å²) >= 11 is 0. The largest absolute Gasteiger partial charge is 0.485 e. The van der Waals surface area contributed by atoms with Crippen LogP contribution in [0.1, 0.15) is 57.2 Å². The molecule has 2 aliphatic rings. The summed E-state index contributed by atoms with van der Waals surface area (Å²) in [5, 5.41) is 10.8. The monoisotopic (exact) mass is 303 g/mol. The second kappa shape index (κ2) is 5.58. The second-order valence-electron chi connectivity index (χ2n) is 6.91. The zero-order chi connectivity index (χ0) is 15.9. The van der Waals surface area contributed by atoms with Crippen molar-refractivity contribution in [2.45, 2.75) is 64.2 Å². The quantitative estimate of drug-likeness (QED) is 0.934. The van der Waals surface area contributed by atoms with Crippen molar-refractivity contribution < 1.29 is 14.6 Å². The number of fused-ring (bicyclic) bond motifs is 1. The molecule has 0 spiro atoms. The number of likely N-dealkylation sites (tertiary alicyclic amines) is 1. The predicted octanol–water partition coefficient (Wildman–Crippen LogP) is 2.83. The Morgan fingerprint density at radius 2 is 2.18 bits per heavy atom. The zero-order valence-corrected chi connectivity index (χ0v) is 13.6. The van der Waals surface area contributed by atoms with Crippen LogP contribution < -0.4 is 4.74 Å². The van der Waals surface area contributed by atoms with Gasteiger partial charge in [-0.2, -0.15) is 0 Å². The highest BCUT2D eigenvalue weighted by atomic mass is 16.5. The van der Waals surface area contributed by atoms with E-state index in [1.54, 1.807) is 0 Å². The predicted molar refractivity (Wildman–Crippen MR) is 84.8 cm³/mol. The molecule has 4 heteroatoms. The first-order chi connectivity index (χ1) is 10.4. The van der Waals surface area contributed by atoms with Crippen molar-refractivity contribution in [3.05, 3.63) is 29.3 Å². The van der Waals surface area contributed by atoms with Gasteiger partial charge in [-0.1, -0.05) is 19.4 Å². The lowest BCUT2D eigenvalue weighted by molar-refractivity contribution is -0.139. The Hall–Kier alpha value is -1.55. The molecule has 1 aromatic rings. The fourth-order valence-corrected chi connectivity index (χ4v) is 3.56. The number of rotatable bonds is 3. The third-order valence-electron chi connectivity index (χ3n) is 4.76. The summed E-state index contributed by atoms with van der Waals surface area (Å²) in [6, 6.07) is 5.87. The Morgan fingerprint density at radius 1 is 1.41 bits per heavy atom. The zero-order valence-electron chi connectivity index (χ0n) is 13.6. The van der Waals surface area contributed by atoms with Crippen molar-refractivity contribution in [2.24, 2.45) is 0 Å². The van der Waals surface area contributed by atoms with Crippen molar-refractivity contribution in [1.82, 2.24) is 4.90 Å². The van der Waals surface area contributed by atoms with E-state index in [2.05, 4.69) is 19.1 Å². The number of aliphatic hydroxyl groups is 1. The van der Waals surface area contributed by atoms with Gasteiger partial charge in [0.2, 0.25) is 5.91 Å². The van der Waals surface area contributed by atoms with Crippen molar-refractivity contribution in [2.75, 3.05) is 6.54 Å². The number of hydrogen-bond donors (Lipinski definition) is 1. The van der Waals surface area contributed by atoms with Crippen LogP contribution in [0, 0.1) is 0 Å². The van der Waals surface area contributed by atoms with Crippen molar-refractivity contribution in [1.29, 1.82) is 0 Å². The number of carbonyl (C=O) groups is 1. The lowest BCUT2D eigenvalue weighted by Gasteiger charge is -2.45. The Kier molecular flexibility index (Phi) is 3.89. The number of ether oxygens (including phenoxy) is 1. The van der Waals surface area contributed by atoms with E-state index < -0.39 is 11.7 Å². The van der Waals surface area contributed by atoms with Crippen LogP contribution in [0.5, 0.6) is 5.75 Å². The Labute approximate surface area is 132 Å². The Bertz CT molecular complexity index is 582. The van der Waals surface area contributed by atoms with E-state index in [1.807, 2.05) is 24.8 Å². The highest BCUT2D eigenvalue weighted by molar-refractivity contribution is 5.79. The standard InChI is InChI=1S/C18H25NO3/c1-4-6-12-8-9-14-13(11-12)16(17(21)18(2,3)22-14)19-10-5-7-15(19)20/h8-9,11,16-17,21H,4-7,10H2,1-3H3/t16-,17+/m1/s1. The van der Waals surface area contributed by atoms with Gasteiger partial charge >= 0.3 is 0 Å². The highest BCUT2D eigenvalue weighted by Gasteiger charge is 2.47. The molecule has 0 bridgehead atoms. The van der Waals surface area contributed by atoms with Crippen LogP contribution in [0.2, 0.25) is 0 Å². The average Bonchev–Trinajstić information content (AvgIpc) is 2.87. The van der Waals surface area contributed by atoms with Gasteiger partial charge in [0.05, 0.1) is 6.04 Å². The third-order valence-corrected chi connectivity index (χ3v) is 4.76. The van der Waals surface area contributed by atoms with E-state index in [0.717, 1.165) is 30.6 Å². The Morgan fingerprint density at radius 3 is 2.82 bits per heavy atom. The summed E-state index contributed by atoms with van der Waals surface area (Å²) in [5.41, 5.74) is 1.48. The molecule has 1 aromatic carbocycles. The maximum absolute atomic E-state index is 12.2. The van der Waals surface area contributed by atoms with Gasteiger partial charge in [-0.15, -0.1) is 0 Å². The van der Waals surface area contributed by atoms with E-state index in [9.17, 15) is 9.90 Å².